The summed E-state index contributed by atoms with van der Waals surface area (Å²) in [7, 11) is 1.68. The van der Waals surface area contributed by atoms with Crippen LogP contribution in [0.2, 0.25) is 0 Å². The molecule has 0 bridgehead atoms. The lowest BCUT2D eigenvalue weighted by atomic mass is 10.1. The van der Waals surface area contributed by atoms with Gasteiger partial charge in [-0.3, -0.25) is 9.69 Å². The average Bonchev–Trinajstić information content (AvgIpc) is 3.27. The van der Waals surface area contributed by atoms with Gasteiger partial charge in [0, 0.05) is 38.3 Å². The van der Waals surface area contributed by atoms with E-state index in [1.54, 1.807) is 7.11 Å². The van der Waals surface area contributed by atoms with Gasteiger partial charge in [0.15, 0.2) is 0 Å². The summed E-state index contributed by atoms with van der Waals surface area (Å²) in [5, 5.41) is 2.02. The van der Waals surface area contributed by atoms with E-state index in [1.807, 2.05) is 40.6 Å². The molecule has 1 saturated heterocycles. The number of carbonyl (C=O) groups is 1. The molecule has 2 heterocycles. The van der Waals surface area contributed by atoms with E-state index in [0.29, 0.717) is 6.61 Å². The molecule has 0 atom stereocenters. The minimum atomic E-state index is 0.122. The fraction of sp³-hybridized carbons (Fsp3) is 0.346. The Morgan fingerprint density at radius 3 is 2.25 bits per heavy atom. The third kappa shape index (κ3) is 5.69. The second-order valence-corrected chi connectivity index (χ2v) is 9.26. The third-order valence-corrected chi connectivity index (χ3v) is 6.66. The Hall–Kier alpha value is -2.83. The monoisotopic (exact) mass is 450 g/mol. The summed E-state index contributed by atoms with van der Waals surface area (Å²) in [5.41, 5.74) is 4.67. The second-order valence-electron chi connectivity index (χ2n) is 8.35. The first-order chi connectivity index (χ1) is 15.5. The number of benzene rings is 2. The van der Waals surface area contributed by atoms with E-state index in [2.05, 4.69) is 36.9 Å². The van der Waals surface area contributed by atoms with Crippen LogP contribution in [-0.2, 0) is 13.2 Å². The van der Waals surface area contributed by atoms with Crippen molar-refractivity contribution in [3.8, 4) is 11.5 Å². The van der Waals surface area contributed by atoms with Gasteiger partial charge in [0.1, 0.15) is 18.1 Å². The van der Waals surface area contributed by atoms with Gasteiger partial charge in [-0.2, -0.15) is 0 Å². The molecule has 0 spiro atoms. The lowest BCUT2D eigenvalue weighted by Crippen LogP contribution is -2.48. The molecule has 0 saturated carbocycles. The highest BCUT2D eigenvalue weighted by Gasteiger charge is 2.23. The van der Waals surface area contributed by atoms with Crippen molar-refractivity contribution in [2.75, 3.05) is 33.3 Å². The molecule has 1 aliphatic rings. The lowest BCUT2D eigenvalue weighted by molar-refractivity contribution is 0.0633. The molecule has 5 nitrogen and oxygen atoms in total. The Balaban J connectivity index is 1.27. The molecule has 0 N–H and O–H groups in total. The highest BCUT2D eigenvalue weighted by Crippen LogP contribution is 2.22. The van der Waals surface area contributed by atoms with Crippen molar-refractivity contribution < 1.29 is 14.3 Å². The van der Waals surface area contributed by atoms with Crippen LogP contribution in [0.15, 0.2) is 53.9 Å². The van der Waals surface area contributed by atoms with Crippen LogP contribution in [0.5, 0.6) is 11.5 Å². The van der Waals surface area contributed by atoms with E-state index < -0.39 is 0 Å². The molecule has 4 rings (SSSR count). The van der Waals surface area contributed by atoms with Gasteiger partial charge >= 0.3 is 0 Å². The van der Waals surface area contributed by atoms with E-state index in [9.17, 15) is 4.79 Å². The van der Waals surface area contributed by atoms with Gasteiger partial charge in [0.2, 0.25) is 0 Å². The van der Waals surface area contributed by atoms with Crippen molar-refractivity contribution >= 4 is 17.2 Å². The molecule has 0 radical (unpaired) electrons. The summed E-state index contributed by atoms with van der Waals surface area (Å²) in [6, 6.07) is 16.4. The summed E-state index contributed by atoms with van der Waals surface area (Å²) in [4.78, 5) is 18.1. The van der Waals surface area contributed by atoms with Crippen molar-refractivity contribution in [3.63, 3.8) is 0 Å². The number of carbonyl (C=O) groups excluding carboxylic acids is 1. The summed E-state index contributed by atoms with van der Waals surface area (Å²) in [6.45, 7) is 8.77. The largest absolute Gasteiger partial charge is 0.497 e. The molecule has 3 aromatic rings. The van der Waals surface area contributed by atoms with Crippen LogP contribution in [0.4, 0.5) is 0 Å². The zero-order valence-corrected chi connectivity index (χ0v) is 19.8. The number of methoxy groups -OCH3 is 1. The van der Waals surface area contributed by atoms with Gasteiger partial charge in [-0.05, 0) is 66.2 Å². The number of rotatable bonds is 7. The van der Waals surface area contributed by atoms with Gasteiger partial charge in [-0.25, -0.2) is 0 Å². The molecule has 6 heteroatoms. The first-order valence-corrected chi connectivity index (χ1v) is 11.8. The Bertz CT molecular complexity index is 1030. The molecular formula is C26H30N2O3S. The number of hydrogen-bond donors (Lipinski definition) is 0. The SMILES string of the molecule is COc1ccc(CN2CCN(C(=O)c3cc(COc4cc(C)cc(C)c4)cs3)CC2)cc1. The molecular weight excluding hydrogens is 420 g/mol. The molecule has 0 unspecified atom stereocenters. The number of piperazine rings is 1. The van der Waals surface area contributed by atoms with Crippen molar-refractivity contribution in [2.45, 2.75) is 27.0 Å². The molecule has 2 aromatic carbocycles. The van der Waals surface area contributed by atoms with Gasteiger partial charge in [0.05, 0.1) is 12.0 Å². The van der Waals surface area contributed by atoms with Crippen molar-refractivity contribution in [1.82, 2.24) is 9.80 Å². The summed E-state index contributed by atoms with van der Waals surface area (Å²) in [5.74, 6) is 1.87. The van der Waals surface area contributed by atoms with Crippen molar-refractivity contribution in [2.24, 2.45) is 0 Å². The fourth-order valence-electron chi connectivity index (χ4n) is 4.00. The lowest BCUT2D eigenvalue weighted by Gasteiger charge is -2.34. The van der Waals surface area contributed by atoms with Crippen LogP contribution in [0.3, 0.4) is 0 Å². The van der Waals surface area contributed by atoms with E-state index >= 15 is 0 Å². The first-order valence-electron chi connectivity index (χ1n) is 10.9. The zero-order chi connectivity index (χ0) is 22.5. The van der Waals surface area contributed by atoms with E-state index in [4.69, 9.17) is 9.47 Å². The molecule has 1 aromatic heterocycles. The molecule has 1 amide bonds. The predicted molar refractivity (Wildman–Crippen MR) is 129 cm³/mol. The summed E-state index contributed by atoms with van der Waals surface area (Å²) >= 11 is 1.50. The van der Waals surface area contributed by atoms with Crippen LogP contribution in [0, 0.1) is 13.8 Å². The molecule has 32 heavy (non-hydrogen) atoms. The highest BCUT2D eigenvalue weighted by molar-refractivity contribution is 7.12. The maximum atomic E-state index is 13.0. The van der Waals surface area contributed by atoms with Crippen LogP contribution >= 0.6 is 11.3 Å². The summed E-state index contributed by atoms with van der Waals surface area (Å²) < 4.78 is 11.2. The van der Waals surface area contributed by atoms with E-state index in [1.165, 1.54) is 28.0 Å². The topological polar surface area (TPSA) is 42.0 Å². The zero-order valence-electron chi connectivity index (χ0n) is 19.0. The molecule has 1 fully saturated rings. The van der Waals surface area contributed by atoms with Crippen LogP contribution in [0.1, 0.15) is 31.9 Å². The summed E-state index contributed by atoms with van der Waals surface area (Å²) in [6.07, 6.45) is 0. The van der Waals surface area contributed by atoms with Crippen LogP contribution in [0.25, 0.3) is 0 Å². The van der Waals surface area contributed by atoms with Gasteiger partial charge in [-0.1, -0.05) is 18.2 Å². The minimum Gasteiger partial charge on any atom is -0.497 e. The van der Waals surface area contributed by atoms with E-state index in [-0.39, 0.29) is 5.91 Å². The van der Waals surface area contributed by atoms with Gasteiger partial charge in [0.25, 0.3) is 5.91 Å². The second kappa shape index (κ2) is 10.2. The standard InChI is InChI=1S/C26H30N2O3S/c1-19-12-20(2)14-24(13-19)31-17-22-15-25(32-18-22)26(29)28-10-8-27(9-11-28)16-21-4-6-23(30-3)7-5-21/h4-7,12-15,18H,8-11,16-17H2,1-3H3. The molecule has 1 aliphatic heterocycles. The Morgan fingerprint density at radius 1 is 0.906 bits per heavy atom. The maximum absolute atomic E-state index is 13.0. The van der Waals surface area contributed by atoms with Gasteiger partial charge in [-0.15, -0.1) is 11.3 Å². The number of nitrogens with zero attached hydrogens (tertiary/aromatic N) is 2. The quantitative estimate of drug-likeness (QED) is 0.513. The number of aryl methyl sites for hydroxylation is 2. The number of amides is 1. The molecule has 0 aliphatic carbocycles. The van der Waals surface area contributed by atoms with Crippen molar-refractivity contribution in [3.05, 3.63) is 81.0 Å². The van der Waals surface area contributed by atoms with Crippen LogP contribution < -0.4 is 9.47 Å². The first kappa shape index (κ1) is 22.4. The fourth-order valence-corrected chi connectivity index (χ4v) is 4.86. The third-order valence-electron chi connectivity index (χ3n) is 5.69. The minimum absolute atomic E-state index is 0.122. The number of thiophene rings is 1. The Morgan fingerprint density at radius 2 is 1.59 bits per heavy atom. The van der Waals surface area contributed by atoms with Crippen LogP contribution in [-0.4, -0.2) is 49.0 Å². The van der Waals surface area contributed by atoms with Gasteiger partial charge < -0.3 is 14.4 Å². The number of hydrogen-bond acceptors (Lipinski definition) is 5. The number of ether oxygens (including phenoxy) is 2. The normalized spacial score (nSPS) is 14.4. The Kier molecular flexibility index (Phi) is 7.12. The predicted octanol–water partition coefficient (Wildman–Crippen LogP) is 4.91. The smallest absolute Gasteiger partial charge is 0.264 e. The maximum Gasteiger partial charge on any atom is 0.264 e. The average molecular weight is 451 g/mol. The highest BCUT2D eigenvalue weighted by atomic mass is 32.1. The van der Waals surface area contributed by atoms with Crippen molar-refractivity contribution in [1.29, 1.82) is 0 Å². The molecule has 168 valence electrons. The van der Waals surface area contributed by atoms with E-state index in [0.717, 1.165) is 54.7 Å². The Labute approximate surface area is 194 Å².